The highest BCUT2D eigenvalue weighted by Crippen LogP contribution is 2.46. The van der Waals surface area contributed by atoms with Gasteiger partial charge in [-0.2, -0.15) is 0 Å². The number of ketones is 1. The predicted octanol–water partition coefficient (Wildman–Crippen LogP) is 4.45. The van der Waals surface area contributed by atoms with Crippen LogP contribution in [-0.4, -0.2) is 54.2 Å². The van der Waals surface area contributed by atoms with E-state index in [1.165, 1.54) is 6.07 Å². The van der Waals surface area contributed by atoms with Crippen LogP contribution in [0.15, 0.2) is 66.7 Å². The van der Waals surface area contributed by atoms with Crippen molar-refractivity contribution in [2.75, 3.05) is 33.4 Å². The molecule has 0 unspecified atom stereocenters. The highest BCUT2D eigenvalue weighted by molar-refractivity contribution is 5.99. The molecule has 4 rings (SSSR count). The third-order valence-corrected chi connectivity index (χ3v) is 7.41. The molecule has 3 atom stereocenters. The minimum Gasteiger partial charge on any atom is -0.392 e. The normalized spacial score (nSPS) is 20.4. The first-order valence-corrected chi connectivity index (χ1v) is 12.4. The van der Waals surface area contributed by atoms with Crippen LogP contribution in [0.4, 0.5) is 4.39 Å². The maximum atomic E-state index is 14.8. The van der Waals surface area contributed by atoms with E-state index in [0.717, 1.165) is 16.7 Å². The summed E-state index contributed by atoms with van der Waals surface area (Å²) < 4.78 is 20.2. The van der Waals surface area contributed by atoms with Gasteiger partial charge in [-0.1, -0.05) is 54.6 Å². The lowest BCUT2D eigenvalue weighted by Gasteiger charge is -2.45. The Bertz CT molecular complexity index is 1200. The van der Waals surface area contributed by atoms with E-state index in [4.69, 9.17) is 4.74 Å². The van der Waals surface area contributed by atoms with Gasteiger partial charge in [-0.15, -0.1) is 0 Å². The molecule has 3 aromatic carbocycles. The summed E-state index contributed by atoms with van der Waals surface area (Å²) in [6.07, 6.45) is 0. The van der Waals surface area contributed by atoms with Crippen LogP contribution >= 0.6 is 0 Å². The summed E-state index contributed by atoms with van der Waals surface area (Å²) in [7, 11) is 1.66. The Balaban J connectivity index is 1.88. The first-order valence-electron chi connectivity index (χ1n) is 12.4. The third-order valence-electron chi connectivity index (χ3n) is 7.41. The van der Waals surface area contributed by atoms with Crippen molar-refractivity contribution in [3.8, 4) is 0 Å². The Kier molecular flexibility index (Phi) is 8.64. The Labute approximate surface area is 212 Å². The van der Waals surface area contributed by atoms with Gasteiger partial charge in [0.2, 0.25) is 0 Å². The van der Waals surface area contributed by atoms with Gasteiger partial charge in [0.15, 0.2) is 5.78 Å². The van der Waals surface area contributed by atoms with Crippen molar-refractivity contribution >= 4 is 5.78 Å². The number of aliphatic hydroxyl groups is 2. The van der Waals surface area contributed by atoms with E-state index in [-0.39, 0.29) is 36.7 Å². The van der Waals surface area contributed by atoms with E-state index < -0.39 is 5.92 Å². The van der Waals surface area contributed by atoms with Crippen LogP contribution in [0.2, 0.25) is 0 Å². The molecular weight excluding hydrogens is 457 g/mol. The van der Waals surface area contributed by atoms with Crippen LogP contribution < -0.4 is 0 Å². The number of hydrogen-bond donors (Lipinski definition) is 2. The fourth-order valence-corrected chi connectivity index (χ4v) is 5.57. The highest BCUT2D eigenvalue weighted by Gasteiger charge is 2.43. The number of Topliss-reactive ketones (excluding diaryl/α,β-unsaturated/α-hetero) is 1. The number of halogens is 1. The average Bonchev–Trinajstić information content (AvgIpc) is 2.92. The van der Waals surface area contributed by atoms with E-state index in [1.54, 1.807) is 44.4 Å². The number of rotatable bonds is 9. The number of benzene rings is 3. The largest absolute Gasteiger partial charge is 0.392 e. The van der Waals surface area contributed by atoms with Crippen molar-refractivity contribution in [2.45, 2.75) is 32.0 Å². The van der Waals surface area contributed by atoms with E-state index >= 15 is 0 Å². The van der Waals surface area contributed by atoms with Gasteiger partial charge in [0, 0.05) is 50.1 Å². The van der Waals surface area contributed by atoms with Crippen molar-refractivity contribution in [3.05, 3.63) is 106 Å². The van der Waals surface area contributed by atoms with E-state index in [1.807, 2.05) is 30.3 Å². The number of hydrogen-bond acceptors (Lipinski definition) is 5. The van der Waals surface area contributed by atoms with Gasteiger partial charge in [-0.05, 0) is 46.9 Å². The quantitative estimate of drug-likeness (QED) is 0.433. The second-order valence-electron chi connectivity index (χ2n) is 9.52. The molecule has 36 heavy (non-hydrogen) atoms. The first-order chi connectivity index (χ1) is 17.5. The maximum absolute atomic E-state index is 14.8. The molecule has 2 N–H and O–H groups in total. The zero-order valence-corrected chi connectivity index (χ0v) is 20.9. The number of methoxy groups -OCH3 is 1. The highest BCUT2D eigenvalue weighted by atomic mass is 19.1. The lowest BCUT2D eigenvalue weighted by Crippen LogP contribution is -2.48. The second-order valence-corrected chi connectivity index (χ2v) is 9.52. The molecule has 0 bridgehead atoms. The zero-order chi connectivity index (χ0) is 25.7. The molecule has 5 nitrogen and oxygen atoms in total. The standard InChI is InChI=1S/C30H34FNO4/c1-20-24(11-6-12-28(20)31)29-26(25-10-4-3-8-23(25)19-34)16-32(13-14-36-2)17-27(29)30(35)22-9-5-7-21(15-22)18-33/h3-12,15,26-27,29,33-34H,13-14,16-19H2,1-2H3/t26-,27+,29-/m1/s1. The summed E-state index contributed by atoms with van der Waals surface area (Å²) >= 11 is 0. The summed E-state index contributed by atoms with van der Waals surface area (Å²) in [6, 6.07) is 19.9. The van der Waals surface area contributed by atoms with Crippen molar-refractivity contribution in [1.82, 2.24) is 4.90 Å². The number of likely N-dealkylation sites (tertiary alicyclic amines) is 1. The zero-order valence-electron chi connectivity index (χ0n) is 20.9. The van der Waals surface area contributed by atoms with Crippen molar-refractivity contribution < 1.29 is 24.1 Å². The first kappa shape index (κ1) is 26.2. The molecule has 1 aliphatic rings. The summed E-state index contributed by atoms with van der Waals surface area (Å²) in [5.41, 5.74) is 4.35. The van der Waals surface area contributed by atoms with Gasteiger partial charge in [-0.3, -0.25) is 9.69 Å². The fourth-order valence-electron chi connectivity index (χ4n) is 5.57. The SMILES string of the molecule is COCCN1C[C@H](C(=O)c2cccc(CO)c2)[C@H](c2cccc(F)c2C)[C@@H](c2ccccc2CO)C1. The minimum absolute atomic E-state index is 0.0347. The molecule has 0 saturated carbocycles. The van der Waals surface area contributed by atoms with Gasteiger partial charge in [0.1, 0.15) is 5.82 Å². The molecule has 0 amide bonds. The second kappa shape index (κ2) is 11.9. The number of nitrogens with zero attached hydrogens (tertiary/aromatic N) is 1. The van der Waals surface area contributed by atoms with Gasteiger partial charge in [0.25, 0.3) is 0 Å². The van der Waals surface area contributed by atoms with E-state index in [2.05, 4.69) is 4.90 Å². The van der Waals surface area contributed by atoms with Crippen LogP contribution in [0.5, 0.6) is 0 Å². The monoisotopic (exact) mass is 491 g/mol. The molecule has 0 radical (unpaired) electrons. The van der Waals surface area contributed by atoms with Gasteiger partial charge in [-0.25, -0.2) is 4.39 Å². The lowest BCUT2D eigenvalue weighted by molar-refractivity contribution is 0.0662. The number of ether oxygens (including phenoxy) is 1. The molecule has 190 valence electrons. The van der Waals surface area contributed by atoms with Gasteiger partial charge in [0.05, 0.1) is 19.8 Å². The average molecular weight is 492 g/mol. The van der Waals surface area contributed by atoms with Gasteiger partial charge >= 0.3 is 0 Å². The number of aliphatic hydroxyl groups excluding tert-OH is 2. The van der Waals surface area contributed by atoms with Crippen molar-refractivity contribution in [1.29, 1.82) is 0 Å². The Morgan fingerprint density at radius 2 is 1.75 bits per heavy atom. The minimum atomic E-state index is -0.457. The Morgan fingerprint density at radius 1 is 1.00 bits per heavy atom. The van der Waals surface area contributed by atoms with Crippen LogP contribution in [-0.2, 0) is 18.0 Å². The lowest BCUT2D eigenvalue weighted by atomic mass is 9.67. The summed E-state index contributed by atoms with van der Waals surface area (Å²) in [6.45, 7) is 3.85. The maximum Gasteiger partial charge on any atom is 0.167 e. The molecule has 1 aliphatic heterocycles. The fraction of sp³-hybridized carbons (Fsp3) is 0.367. The van der Waals surface area contributed by atoms with Crippen LogP contribution in [0.3, 0.4) is 0 Å². The topological polar surface area (TPSA) is 70.0 Å². The summed E-state index contributed by atoms with van der Waals surface area (Å²) in [5.74, 6) is -1.22. The molecular formula is C30H34FNO4. The molecule has 0 aliphatic carbocycles. The third kappa shape index (κ3) is 5.42. The van der Waals surface area contributed by atoms with Gasteiger partial charge < -0.3 is 14.9 Å². The summed E-state index contributed by atoms with van der Waals surface area (Å²) in [4.78, 5) is 16.3. The molecule has 6 heteroatoms. The van der Waals surface area contributed by atoms with E-state index in [0.29, 0.717) is 42.9 Å². The van der Waals surface area contributed by atoms with Crippen LogP contribution in [0.25, 0.3) is 0 Å². The molecule has 0 spiro atoms. The number of piperidine rings is 1. The van der Waals surface area contributed by atoms with Crippen molar-refractivity contribution in [3.63, 3.8) is 0 Å². The molecule has 0 aromatic heterocycles. The van der Waals surface area contributed by atoms with Crippen molar-refractivity contribution in [2.24, 2.45) is 5.92 Å². The number of carbonyl (C=O) groups is 1. The predicted molar refractivity (Wildman–Crippen MR) is 137 cm³/mol. The Morgan fingerprint density at radius 3 is 2.50 bits per heavy atom. The van der Waals surface area contributed by atoms with E-state index in [9.17, 15) is 19.4 Å². The Hall–Kier alpha value is -2.90. The van der Waals surface area contributed by atoms with Crippen LogP contribution in [0, 0.1) is 18.7 Å². The molecule has 1 fully saturated rings. The van der Waals surface area contributed by atoms with Crippen LogP contribution in [0.1, 0.15) is 50.0 Å². The number of carbonyl (C=O) groups excluding carboxylic acids is 1. The molecule has 1 saturated heterocycles. The molecule has 3 aromatic rings. The molecule has 1 heterocycles. The summed E-state index contributed by atoms with van der Waals surface area (Å²) in [5, 5.41) is 19.8. The smallest absolute Gasteiger partial charge is 0.167 e.